The monoisotopic (exact) mass is 425 g/mol. The number of thioether (sulfide) groups is 1. The molecule has 0 unspecified atom stereocenters. The molecular formula is C18H23N3O3S3. The van der Waals surface area contributed by atoms with Gasteiger partial charge in [0.15, 0.2) is 0 Å². The maximum atomic E-state index is 12.6. The molecule has 2 aromatic heterocycles. The Kier molecular flexibility index (Phi) is 6.56. The number of carbonyl (C=O) groups excluding carboxylic acids is 1. The molecule has 2 aromatic rings. The molecule has 0 saturated heterocycles. The van der Waals surface area contributed by atoms with Crippen molar-refractivity contribution in [3.05, 3.63) is 40.9 Å². The highest BCUT2D eigenvalue weighted by atomic mass is 32.2. The van der Waals surface area contributed by atoms with E-state index in [2.05, 4.69) is 10.3 Å². The van der Waals surface area contributed by atoms with Crippen molar-refractivity contribution >= 4 is 39.0 Å². The lowest BCUT2D eigenvalue weighted by atomic mass is 10.2. The molecule has 146 valence electrons. The van der Waals surface area contributed by atoms with Gasteiger partial charge in [0.1, 0.15) is 9.24 Å². The van der Waals surface area contributed by atoms with Gasteiger partial charge in [-0.05, 0) is 37.1 Å². The molecule has 9 heteroatoms. The first-order chi connectivity index (χ1) is 12.9. The van der Waals surface area contributed by atoms with Gasteiger partial charge in [0.05, 0.1) is 12.1 Å². The van der Waals surface area contributed by atoms with E-state index < -0.39 is 10.0 Å². The van der Waals surface area contributed by atoms with E-state index in [1.807, 2.05) is 0 Å². The number of carbonyl (C=O) groups is 1. The summed E-state index contributed by atoms with van der Waals surface area (Å²) in [5.74, 6) is -0.186. The fraction of sp³-hybridized carbons (Fsp3) is 0.444. The maximum absolute atomic E-state index is 12.6. The molecule has 0 aromatic carbocycles. The predicted molar refractivity (Wildman–Crippen MR) is 109 cm³/mol. The standard InChI is InChI=1S/C18H23N3O3S3/c1-21(2)27(23,24)16-10-9-14(25-16)12-20-17(22)15-8-5-11-19-18(15)26-13-6-3-4-7-13/h5,8-11,13H,3-4,6-7,12H2,1-2H3,(H,20,22). The highest BCUT2D eigenvalue weighted by molar-refractivity contribution is 8.00. The Hall–Kier alpha value is -1.42. The molecule has 6 nitrogen and oxygen atoms in total. The molecule has 1 fully saturated rings. The van der Waals surface area contributed by atoms with Crippen LogP contribution in [0.3, 0.4) is 0 Å². The number of pyridine rings is 1. The lowest BCUT2D eigenvalue weighted by molar-refractivity contribution is 0.0947. The summed E-state index contributed by atoms with van der Waals surface area (Å²) in [7, 11) is -0.436. The average molecular weight is 426 g/mol. The molecule has 0 spiro atoms. The van der Waals surface area contributed by atoms with Gasteiger partial charge in [0, 0.05) is 30.4 Å². The minimum absolute atomic E-state index is 0.186. The largest absolute Gasteiger partial charge is 0.347 e. The zero-order chi connectivity index (χ0) is 19.4. The topological polar surface area (TPSA) is 79.4 Å². The Morgan fingerprint density at radius 2 is 2.04 bits per heavy atom. The summed E-state index contributed by atoms with van der Waals surface area (Å²) in [6.07, 6.45) is 6.53. The number of amides is 1. The van der Waals surface area contributed by atoms with Crippen LogP contribution in [0.2, 0.25) is 0 Å². The van der Waals surface area contributed by atoms with E-state index in [1.165, 1.54) is 55.4 Å². The first-order valence-corrected chi connectivity index (χ1v) is 11.9. The fourth-order valence-electron chi connectivity index (χ4n) is 2.86. The predicted octanol–water partition coefficient (Wildman–Crippen LogP) is 3.36. The molecule has 3 rings (SSSR count). The van der Waals surface area contributed by atoms with Crippen LogP contribution >= 0.6 is 23.1 Å². The second-order valence-corrected chi connectivity index (χ2v) is 11.4. The van der Waals surface area contributed by atoms with E-state index >= 15 is 0 Å². The van der Waals surface area contributed by atoms with Gasteiger partial charge in [-0.15, -0.1) is 23.1 Å². The van der Waals surface area contributed by atoms with E-state index in [0.717, 1.165) is 9.90 Å². The molecule has 0 radical (unpaired) electrons. The summed E-state index contributed by atoms with van der Waals surface area (Å²) in [6.45, 7) is 0.287. The normalized spacial score (nSPS) is 15.4. The van der Waals surface area contributed by atoms with Gasteiger partial charge in [-0.1, -0.05) is 12.8 Å². The lowest BCUT2D eigenvalue weighted by Crippen LogP contribution is -2.23. The van der Waals surface area contributed by atoms with Crippen LogP contribution in [0.1, 0.15) is 40.9 Å². The molecule has 1 aliphatic carbocycles. The van der Waals surface area contributed by atoms with E-state index in [1.54, 1.807) is 42.2 Å². The fourth-order valence-corrected chi connectivity index (χ4v) is 6.61. The van der Waals surface area contributed by atoms with Crippen molar-refractivity contribution < 1.29 is 13.2 Å². The van der Waals surface area contributed by atoms with Crippen molar-refractivity contribution in [3.63, 3.8) is 0 Å². The minimum Gasteiger partial charge on any atom is -0.347 e. The third-order valence-corrected chi connectivity index (χ3v) is 9.11. The average Bonchev–Trinajstić information content (AvgIpc) is 3.32. The van der Waals surface area contributed by atoms with Crippen LogP contribution in [0, 0.1) is 0 Å². The molecule has 2 heterocycles. The number of rotatable bonds is 7. The Labute approximate surface area is 168 Å². The number of nitrogens with one attached hydrogen (secondary N) is 1. The van der Waals surface area contributed by atoms with Crippen LogP contribution in [0.15, 0.2) is 39.7 Å². The Bertz CT molecular complexity index is 903. The van der Waals surface area contributed by atoms with Crippen molar-refractivity contribution in [3.8, 4) is 0 Å². The Morgan fingerprint density at radius 3 is 2.74 bits per heavy atom. The number of aromatic nitrogens is 1. The van der Waals surface area contributed by atoms with Crippen molar-refractivity contribution in [1.29, 1.82) is 0 Å². The van der Waals surface area contributed by atoms with Crippen molar-refractivity contribution in [2.75, 3.05) is 14.1 Å². The summed E-state index contributed by atoms with van der Waals surface area (Å²) in [4.78, 5) is 17.8. The van der Waals surface area contributed by atoms with Gasteiger partial charge in [0.2, 0.25) is 0 Å². The maximum Gasteiger partial charge on any atom is 0.254 e. The summed E-state index contributed by atoms with van der Waals surface area (Å²) in [5.41, 5.74) is 0.576. The van der Waals surface area contributed by atoms with Crippen LogP contribution in [0.25, 0.3) is 0 Å². The lowest BCUT2D eigenvalue weighted by Gasteiger charge is -2.12. The third kappa shape index (κ3) is 4.90. The van der Waals surface area contributed by atoms with Gasteiger partial charge in [0.25, 0.3) is 15.9 Å². The van der Waals surface area contributed by atoms with Crippen molar-refractivity contribution in [2.45, 2.75) is 46.7 Å². The molecule has 0 aliphatic heterocycles. The zero-order valence-corrected chi connectivity index (χ0v) is 17.8. The number of hydrogen-bond donors (Lipinski definition) is 1. The summed E-state index contributed by atoms with van der Waals surface area (Å²) in [5, 5.41) is 4.18. The summed E-state index contributed by atoms with van der Waals surface area (Å²) in [6, 6.07) is 6.86. The van der Waals surface area contributed by atoms with Gasteiger partial charge in [-0.3, -0.25) is 4.79 Å². The second-order valence-electron chi connectivity index (χ2n) is 6.57. The van der Waals surface area contributed by atoms with E-state index in [-0.39, 0.29) is 16.7 Å². The Balaban J connectivity index is 1.66. The number of hydrogen-bond acceptors (Lipinski definition) is 6. The SMILES string of the molecule is CN(C)S(=O)(=O)c1ccc(CNC(=O)c2cccnc2SC2CCCC2)s1. The number of nitrogens with zero attached hydrogens (tertiary/aromatic N) is 2. The van der Waals surface area contributed by atoms with Crippen LogP contribution in [0.5, 0.6) is 0 Å². The quantitative estimate of drug-likeness (QED) is 0.736. The van der Waals surface area contributed by atoms with E-state index in [9.17, 15) is 13.2 Å². The second kappa shape index (κ2) is 8.72. The van der Waals surface area contributed by atoms with Crippen molar-refractivity contribution in [1.82, 2.24) is 14.6 Å². The van der Waals surface area contributed by atoms with E-state index in [4.69, 9.17) is 0 Å². The first kappa shape index (κ1) is 20.3. The van der Waals surface area contributed by atoms with Crippen molar-refractivity contribution in [2.24, 2.45) is 0 Å². The zero-order valence-electron chi connectivity index (χ0n) is 15.3. The Morgan fingerprint density at radius 1 is 1.30 bits per heavy atom. The smallest absolute Gasteiger partial charge is 0.254 e. The molecule has 1 aliphatic rings. The minimum atomic E-state index is -3.44. The molecule has 0 bridgehead atoms. The number of thiophene rings is 1. The highest BCUT2D eigenvalue weighted by Crippen LogP contribution is 2.35. The third-order valence-electron chi connectivity index (χ3n) is 4.39. The van der Waals surface area contributed by atoms with Crippen LogP contribution in [-0.2, 0) is 16.6 Å². The molecule has 1 amide bonds. The van der Waals surface area contributed by atoms with Gasteiger partial charge < -0.3 is 5.32 Å². The van der Waals surface area contributed by atoms with Crippen LogP contribution in [0.4, 0.5) is 0 Å². The van der Waals surface area contributed by atoms with E-state index in [0.29, 0.717) is 10.8 Å². The number of sulfonamides is 1. The summed E-state index contributed by atoms with van der Waals surface area (Å²) < 4.78 is 25.8. The summed E-state index contributed by atoms with van der Waals surface area (Å²) >= 11 is 2.85. The van der Waals surface area contributed by atoms with Gasteiger partial charge in [-0.2, -0.15) is 0 Å². The molecular weight excluding hydrogens is 402 g/mol. The van der Waals surface area contributed by atoms with Gasteiger partial charge in [-0.25, -0.2) is 17.7 Å². The molecule has 1 N–H and O–H groups in total. The van der Waals surface area contributed by atoms with Crippen LogP contribution in [-0.4, -0.2) is 43.0 Å². The highest BCUT2D eigenvalue weighted by Gasteiger charge is 2.22. The molecule has 27 heavy (non-hydrogen) atoms. The van der Waals surface area contributed by atoms with Crippen LogP contribution < -0.4 is 5.32 Å². The van der Waals surface area contributed by atoms with Gasteiger partial charge >= 0.3 is 0 Å². The molecule has 0 atom stereocenters. The first-order valence-electron chi connectivity index (χ1n) is 8.79. The molecule has 1 saturated carbocycles.